The van der Waals surface area contributed by atoms with E-state index in [1.807, 2.05) is 38.1 Å². The molecule has 0 bridgehead atoms. The zero-order chi connectivity index (χ0) is 29.8. The van der Waals surface area contributed by atoms with E-state index in [1.165, 1.54) is 6.20 Å². The normalized spacial score (nSPS) is 16.5. The van der Waals surface area contributed by atoms with E-state index in [0.29, 0.717) is 46.8 Å². The number of unbranched alkanes of at least 4 members (excludes halogenated alkanes) is 1. The third kappa shape index (κ3) is 8.20. The Bertz CT molecular complexity index is 1140. The van der Waals surface area contributed by atoms with Gasteiger partial charge in [0.1, 0.15) is 0 Å². The Kier molecular flexibility index (Phi) is 12.4. The number of allylic oxidation sites excluding steroid dienone is 1. The van der Waals surface area contributed by atoms with Crippen LogP contribution in [0.2, 0.25) is 0 Å². The molecule has 1 aliphatic rings. The topological polar surface area (TPSA) is 108 Å². The van der Waals surface area contributed by atoms with Crippen LogP contribution in [0.4, 0.5) is 4.79 Å². The molecule has 2 unspecified atom stereocenters. The Labute approximate surface area is 243 Å². The van der Waals surface area contributed by atoms with Crippen LogP contribution < -0.4 is 29.0 Å². The average Bonchev–Trinajstić information content (AvgIpc) is 3.50. The van der Waals surface area contributed by atoms with Crippen molar-refractivity contribution >= 4 is 6.03 Å². The first-order valence-corrected chi connectivity index (χ1v) is 14.1. The van der Waals surface area contributed by atoms with Crippen molar-refractivity contribution in [3.63, 3.8) is 0 Å². The molecular formula is C31H44N2O8. The lowest BCUT2D eigenvalue weighted by atomic mass is 9.99. The second-order valence-corrected chi connectivity index (χ2v) is 9.74. The van der Waals surface area contributed by atoms with Crippen molar-refractivity contribution in [1.82, 2.24) is 10.4 Å². The highest BCUT2D eigenvalue weighted by atomic mass is 16.5. The summed E-state index contributed by atoms with van der Waals surface area (Å²) in [5.41, 5.74) is 2.84. The molecule has 0 spiro atoms. The number of amides is 2. The van der Waals surface area contributed by atoms with E-state index in [0.717, 1.165) is 48.8 Å². The van der Waals surface area contributed by atoms with Crippen molar-refractivity contribution in [2.75, 3.05) is 41.6 Å². The summed E-state index contributed by atoms with van der Waals surface area (Å²) in [5.74, 6) is 3.01. The van der Waals surface area contributed by atoms with Crippen LogP contribution in [-0.4, -0.2) is 57.9 Å². The molecule has 10 heteroatoms. The Morgan fingerprint density at radius 2 is 1.51 bits per heavy atom. The van der Waals surface area contributed by atoms with Gasteiger partial charge in [0, 0.05) is 11.8 Å². The maximum atomic E-state index is 12.1. The molecule has 2 aromatic rings. The SMILES string of the molecule is CCCCN(O)C(=O)N/C=C/Cc1cc(C2CCC(c3cc(OC)c(OC)c(OC)c3)O2)cc(OC)c1OCCC. The molecule has 0 saturated carbocycles. The summed E-state index contributed by atoms with van der Waals surface area (Å²) in [6, 6.07) is 7.33. The van der Waals surface area contributed by atoms with Crippen LogP contribution in [0.3, 0.4) is 0 Å². The van der Waals surface area contributed by atoms with Gasteiger partial charge in [-0.2, -0.15) is 0 Å². The Morgan fingerprint density at radius 1 is 0.927 bits per heavy atom. The van der Waals surface area contributed by atoms with Crippen LogP contribution in [0, 0.1) is 0 Å². The summed E-state index contributed by atoms with van der Waals surface area (Å²) < 4.78 is 34.9. The van der Waals surface area contributed by atoms with E-state index >= 15 is 0 Å². The molecule has 2 amide bonds. The van der Waals surface area contributed by atoms with Gasteiger partial charge in [0.25, 0.3) is 0 Å². The highest BCUT2D eigenvalue weighted by Crippen LogP contribution is 2.47. The van der Waals surface area contributed by atoms with Crippen molar-refractivity contribution in [2.45, 2.75) is 64.6 Å². The second kappa shape index (κ2) is 16.0. The van der Waals surface area contributed by atoms with E-state index in [9.17, 15) is 10.0 Å². The van der Waals surface area contributed by atoms with Crippen molar-refractivity contribution in [3.05, 3.63) is 53.2 Å². The number of benzene rings is 2. The Hall–Kier alpha value is -3.63. The molecule has 0 aromatic heterocycles. The van der Waals surface area contributed by atoms with E-state index in [4.69, 9.17) is 28.4 Å². The molecule has 41 heavy (non-hydrogen) atoms. The largest absolute Gasteiger partial charge is 0.493 e. The molecule has 1 saturated heterocycles. The number of rotatable bonds is 15. The first-order chi connectivity index (χ1) is 19.9. The Morgan fingerprint density at radius 3 is 2.05 bits per heavy atom. The van der Waals surface area contributed by atoms with Gasteiger partial charge in [-0.25, -0.2) is 9.86 Å². The standard InChI is InChI=1S/C31H44N2O8/c1-7-9-15-33(35)31(34)32-14-10-11-21-17-22(18-26(36-3)29(21)40-16-8-2)24-12-13-25(41-24)23-19-27(37-4)30(39-6)28(20-23)38-5/h10,14,17-20,24-25,35H,7-9,11-13,15-16H2,1-6H3,(H,32,34)/b14-10+. The van der Waals surface area contributed by atoms with Crippen LogP contribution >= 0.6 is 0 Å². The number of hydrogen-bond acceptors (Lipinski definition) is 8. The number of carbonyl (C=O) groups is 1. The monoisotopic (exact) mass is 572 g/mol. The molecule has 1 heterocycles. The molecule has 10 nitrogen and oxygen atoms in total. The highest BCUT2D eigenvalue weighted by Gasteiger charge is 2.31. The zero-order valence-corrected chi connectivity index (χ0v) is 25.0. The molecular weight excluding hydrogens is 528 g/mol. The van der Waals surface area contributed by atoms with Crippen molar-refractivity contribution in [1.29, 1.82) is 0 Å². The quantitative estimate of drug-likeness (QED) is 0.188. The van der Waals surface area contributed by atoms with Gasteiger partial charge in [-0.3, -0.25) is 5.21 Å². The minimum absolute atomic E-state index is 0.150. The number of urea groups is 1. The molecule has 0 aliphatic carbocycles. The number of nitrogens with zero attached hydrogens (tertiary/aromatic N) is 1. The number of nitrogens with one attached hydrogen (secondary N) is 1. The lowest BCUT2D eigenvalue weighted by Gasteiger charge is -2.20. The van der Waals surface area contributed by atoms with Crippen molar-refractivity contribution in [3.8, 4) is 28.7 Å². The second-order valence-electron chi connectivity index (χ2n) is 9.74. The van der Waals surface area contributed by atoms with Crippen molar-refractivity contribution in [2.24, 2.45) is 0 Å². The summed E-state index contributed by atoms with van der Waals surface area (Å²) in [7, 11) is 6.40. The molecule has 1 aliphatic heterocycles. The molecule has 2 atom stereocenters. The zero-order valence-electron chi connectivity index (χ0n) is 25.0. The Balaban J connectivity index is 1.82. The third-order valence-electron chi connectivity index (χ3n) is 6.90. The van der Waals surface area contributed by atoms with Gasteiger partial charge in [0.05, 0.1) is 53.8 Å². The van der Waals surface area contributed by atoms with E-state index < -0.39 is 6.03 Å². The summed E-state index contributed by atoms with van der Waals surface area (Å²) in [6.07, 6.45) is 7.61. The van der Waals surface area contributed by atoms with Crippen LogP contribution in [-0.2, 0) is 11.2 Å². The van der Waals surface area contributed by atoms with Crippen LogP contribution in [0.5, 0.6) is 28.7 Å². The average molecular weight is 573 g/mol. The van der Waals surface area contributed by atoms with Gasteiger partial charge in [-0.1, -0.05) is 26.3 Å². The lowest BCUT2D eigenvalue weighted by Crippen LogP contribution is -2.35. The molecule has 3 rings (SSSR count). The maximum absolute atomic E-state index is 12.1. The number of methoxy groups -OCH3 is 4. The highest BCUT2D eigenvalue weighted by molar-refractivity contribution is 5.73. The maximum Gasteiger partial charge on any atom is 0.345 e. The fourth-order valence-corrected chi connectivity index (χ4v) is 4.76. The van der Waals surface area contributed by atoms with E-state index in [1.54, 1.807) is 28.4 Å². The smallest absolute Gasteiger partial charge is 0.345 e. The third-order valence-corrected chi connectivity index (χ3v) is 6.90. The number of hydrogen-bond donors (Lipinski definition) is 2. The molecule has 0 radical (unpaired) electrons. The van der Waals surface area contributed by atoms with Crippen LogP contribution in [0.15, 0.2) is 36.5 Å². The molecule has 2 N–H and O–H groups in total. The fraction of sp³-hybridized carbons (Fsp3) is 0.516. The predicted molar refractivity (Wildman–Crippen MR) is 155 cm³/mol. The number of ether oxygens (including phenoxy) is 6. The predicted octanol–water partition coefficient (Wildman–Crippen LogP) is 6.36. The van der Waals surface area contributed by atoms with Gasteiger partial charge in [0.15, 0.2) is 23.0 Å². The lowest BCUT2D eigenvalue weighted by molar-refractivity contribution is -0.0425. The summed E-state index contributed by atoms with van der Waals surface area (Å²) in [5, 5.41) is 13.1. The van der Waals surface area contributed by atoms with Gasteiger partial charge < -0.3 is 33.7 Å². The summed E-state index contributed by atoms with van der Waals surface area (Å²) in [6.45, 7) is 4.87. The first-order valence-electron chi connectivity index (χ1n) is 14.1. The van der Waals surface area contributed by atoms with E-state index in [-0.39, 0.29) is 18.8 Å². The molecule has 226 valence electrons. The summed E-state index contributed by atoms with van der Waals surface area (Å²) in [4.78, 5) is 12.1. The van der Waals surface area contributed by atoms with Gasteiger partial charge in [0.2, 0.25) is 5.75 Å². The first kappa shape index (κ1) is 31.9. The van der Waals surface area contributed by atoms with Gasteiger partial charge in [-0.05, 0) is 67.5 Å². The van der Waals surface area contributed by atoms with E-state index in [2.05, 4.69) is 11.4 Å². The van der Waals surface area contributed by atoms with Crippen molar-refractivity contribution < 1.29 is 38.4 Å². The summed E-state index contributed by atoms with van der Waals surface area (Å²) >= 11 is 0. The molecule has 2 aromatic carbocycles. The minimum atomic E-state index is -0.569. The molecule has 1 fully saturated rings. The van der Waals surface area contributed by atoms with Gasteiger partial charge in [-0.15, -0.1) is 0 Å². The number of hydroxylamine groups is 2. The van der Waals surface area contributed by atoms with Crippen LogP contribution in [0.1, 0.15) is 74.8 Å². The van der Waals surface area contributed by atoms with Crippen LogP contribution in [0.25, 0.3) is 0 Å². The van der Waals surface area contributed by atoms with Gasteiger partial charge >= 0.3 is 6.03 Å². The fourth-order valence-electron chi connectivity index (χ4n) is 4.76. The number of carbonyl (C=O) groups excluding carboxylic acids is 1. The minimum Gasteiger partial charge on any atom is -0.493 e.